The Labute approximate surface area is 175 Å². The number of carbonyl (C=O) groups is 2. The molecular weight excluding hydrogens is 393 g/mol. The van der Waals surface area contributed by atoms with E-state index >= 15 is 0 Å². The molecule has 0 aromatic heterocycles. The van der Waals surface area contributed by atoms with E-state index < -0.39 is 0 Å². The van der Waals surface area contributed by atoms with E-state index in [1.807, 2.05) is 17.0 Å². The maximum absolute atomic E-state index is 13.0. The van der Waals surface area contributed by atoms with Crippen LogP contribution in [0.4, 0.5) is 10.1 Å². The second kappa shape index (κ2) is 9.74. The number of anilines is 1. The van der Waals surface area contributed by atoms with Gasteiger partial charge in [-0.2, -0.15) is 0 Å². The number of halogens is 2. The van der Waals surface area contributed by atoms with Crippen LogP contribution >= 0.6 is 11.6 Å². The first-order valence-electron chi connectivity index (χ1n) is 9.73. The van der Waals surface area contributed by atoms with Gasteiger partial charge in [-0.3, -0.25) is 9.59 Å². The molecule has 29 heavy (non-hydrogen) atoms. The monoisotopic (exact) mass is 417 g/mol. The van der Waals surface area contributed by atoms with E-state index in [4.69, 9.17) is 11.6 Å². The van der Waals surface area contributed by atoms with Crippen molar-refractivity contribution in [3.05, 3.63) is 64.9 Å². The number of likely N-dealkylation sites (tertiary alicyclic amines) is 1. The third-order valence-electron chi connectivity index (χ3n) is 5.09. The van der Waals surface area contributed by atoms with Crippen molar-refractivity contribution >= 4 is 29.1 Å². The first-order chi connectivity index (χ1) is 13.9. The van der Waals surface area contributed by atoms with E-state index in [0.717, 1.165) is 24.1 Å². The Morgan fingerprint density at radius 2 is 1.72 bits per heavy atom. The third-order valence-corrected chi connectivity index (χ3v) is 5.34. The van der Waals surface area contributed by atoms with Crippen molar-refractivity contribution in [3.63, 3.8) is 0 Å². The van der Waals surface area contributed by atoms with E-state index in [2.05, 4.69) is 10.6 Å². The second-order valence-corrected chi connectivity index (χ2v) is 7.75. The minimum atomic E-state index is -0.382. The number of hydrogen-bond acceptors (Lipinski definition) is 3. The van der Waals surface area contributed by atoms with Crippen LogP contribution in [0.3, 0.4) is 0 Å². The van der Waals surface area contributed by atoms with Gasteiger partial charge in [-0.05, 0) is 54.8 Å². The lowest BCUT2D eigenvalue weighted by Gasteiger charge is -2.34. The molecule has 3 rings (SSSR count). The highest BCUT2D eigenvalue weighted by Crippen LogP contribution is 2.23. The highest BCUT2D eigenvalue weighted by atomic mass is 35.5. The first-order valence-corrected chi connectivity index (χ1v) is 10.1. The first kappa shape index (κ1) is 21.1. The van der Waals surface area contributed by atoms with Crippen LogP contribution in [0.1, 0.15) is 37.8 Å². The summed E-state index contributed by atoms with van der Waals surface area (Å²) < 4.78 is 13.0. The molecule has 1 aliphatic rings. The van der Waals surface area contributed by atoms with Crippen molar-refractivity contribution in [1.29, 1.82) is 0 Å². The van der Waals surface area contributed by atoms with Crippen LogP contribution in [0.5, 0.6) is 0 Å². The van der Waals surface area contributed by atoms with Crippen LogP contribution in [-0.4, -0.2) is 35.8 Å². The topological polar surface area (TPSA) is 61.4 Å². The van der Waals surface area contributed by atoms with Crippen molar-refractivity contribution in [3.8, 4) is 0 Å². The maximum atomic E-state index is 13.0. The zero-order valence-corrected chi connectivity index (χ0v) is 17.1. The van der Waals surface area contributed by atoms with Gasteiger partial charge in [-0.1, -0.05) is 23.7 Å². The Kier molecular flexibility index (Phi) is 7.09. The molecule has 0 aliphatic carbocycles. The molecule has 1 atom stereocenters. The number of nitrogens with one attached hydrogen (secondary N) is 2. The summed E-state index contributed by atoms with van der Waals surface area (Å²) in [7, 11) is 0. The molecule has 2 aromatic carbocycles. The highest BCUT2D eigenvalue weighted by Gasteiger charge is 2.25. The Balaban J connectivity index is 1.55. The summed E-state index contributed by atoms with van der Waals surface area (Å²) in [6.07, 6.45) is 1.83. The summed E-state index contributed by atoms with van der Waals surface area (Å²) in [6.45, 7) is 2.73. The van der Waals surface area contributed by atoms with Crippen LogP contribution < -0.4 is 10.6 Å². The summed E-state index contributed by atoms with van der Waals surface area (Å²) in [6, 6.07) is 13.3. The summed E-state index contributed by atoms with van der Waals surface area (Å²) in [5.41, 5.74) is 1.73. The highest BCUT2D eigenvalue weighted by molar-refractivity contribution is 6.30. The minimum Gasteiger partial charge on any atom is -0.382 e. The Bertz CT molecular complexity index is 834. The standard InChI is InChI=1S/C22H25ClFN3O2/c1-15(28)25-21(16-2-4-17(23)5-3-16)14-22(29)27-12-10-20(11-13-27)26-19-8-6-18(24)7-9-19/h2-9,20-21,26H,10-14H2,1H3,(H,25,28). The summed E-state index contributed by atoms with van der Waals surface area (Å²) in [5, 5.41) is 6.86. The normalized spacial score (nSPS) is 15.6. The Morgan fingerprint density at radius 1 is 1.10 bits per heavy atom. The molecule has 1 fully saturated rings. The third kappa shape index (κ3) is 6.19. The lowest BCUT2D eigenvalue weighted by molar-refractivity contribution is -0.133. The molecule has 2 aromatic rings. The molecule has 2 amide bonds. The van der Waals surface area contributed by atoms with Crippen LogP contribution in [0.15, 0.2) is 48.5 Å². The average molecular weight is 418 g/mol. The molecule has 2 N–H and O–H groups in total. The fourth-order valence-electron chi connectivity index (χ4n) is 3.55. The van der Waals surface area contributed by atoms with E-state index in [-0.39, 0.29) is 36.1 Å². The zero-order chi connectivity index (χ0) is 20.8. The van der Waals surface area contributed by atoms with Crippen LogP contribution in [0, 0.1) is 5.82 Å². The van der Waals surface area contributed by atoms with E-state index in [9.17, 15) is 14.0 Å². The average Bonchev–Trinajstić information content (AvgIpc) is 2.70. The van der Waals surface area contributed by atoms with Crippen molar-refractivity contribution in [2.24, 2.45) is 0 Å². The second-order valence-electron chi connectivity index (χ2n) is 7.32. The predicted molar refractivity (Wildman–Crippen MR) is 112 cm³/mol. The minimum absolute atomic E-state index is 0.0129. The SMILES string of the molecule is CC(=O)NC(CC(=O)N1CCC(Nc2ccc(F)cc2)CC1)c1ccc(Cl)cc1. The van der Waals surface area contributed by atoms with Gasteiger partial charge in [0.2, 0.25) is 11.8 Å². The number of amides is 2. The van der Waals surface area contributed by atoms with E-state index in [1.54, 1.807) is 24.3 Å². The van der Waals surface area contributed by atoms with Gasteiger partial charge >= 0.3 is 0 Å². The molecule has 0 bridgehead atoms. The van der Waals surface area contributed by atoms with Crippen molar-refractivity contribution < 1.29 is 14.0 Å². The number of piperidine rings is 1. The molecule has 154 valence electrons. The number of hydrogen-bond donors (Lipinski definition) is 2. The summed E-state index contributed by atoms with van der Waals surface area (Å²) in [5.74, 6) is -0.427. The fraction of sp³-hybridized carbons (Fsp3) is 0.364. The molecule has 0 saturated carbocycles. The predicted octanol–water partition coefficient (Wildman–Crippen LogP) is 4.15. The Hall–Kier alpha value is -2.60. The zero-order valence-electron chi connectivity index (χ0n) is 16.3. The van der Waals surface area contributed by atoms with Crippen LogP contribution in [-0.2, 0) is 9.59 Å². The largest absolute Gasteiger partial charge is 0.382 e. The van der Waals surface area contributed by atoms with Gasteiger partial charge in [-0.25, -0.2) is 4.39 Å². The molecule has 0 spiro atoms. The summed E-state index contributed by atoms with van der Waals surface area (Å²) in [4.78, 5) is 26.3. The number of nitrogens with zero attached hydrogens (tertiary/aromatic N) is 1. The van der Waals surface area contributed by atoms with Crippen molar-refractivity contribution in [2.75, 3.05) is 18.4 Å². The smallest absolute Gasteiger partial charge is 0.224 e. The maximum Gasteiger partial charge on any atom is 0.224 e. The molecule has 1 heterocycles. The number of benzene rings is 2. The quantitative estimate of drug-likeness (QED) is 0.742. The molecule has 1 saturated heterocycles. The fourth-order valence-corrected chi connectivity index (χ4v) is 3.68. The molecule has 1 unspecified atom stereocenters. The molecule has 0 radical (unpaired) electrons. The molecule has 1 aliphatic heterocycles. The number of rotatable bonds is 6. The van der Waals surface area contributed by atoms with Gasteiger partial charge < -0.3 is 15.5 Å². The molecule has 7 heteroatoms. The van der Waals surface area contributed by atoms with E-state index in [1.165, 1.54) is 19.1 Å². The van der Waals surface area contributed by atoms with Gasteiger partial charge in [0.25, 0.3) is 0 Å². The van der Waals surface area contributed by atoms with E-state index in [0.29, 0.717) is 18.1 Å². The lowest BCUT2D eigenvalue weighted by atomic mass is 10.0. The summed E-state index contributed by atoms with van der Waals surface area (Å²) >= 11 is 5.94. The van der Waals surface area contributed by atoms with Crippen LogP contribution in [0.25, 0.3) is 0 Å². The van der Waals surface area contributed by atoms with Crippen molar-refractivity contribution in [1.82, 2.24) is 10.2 Å². The number of carbonyl (C=O) groups excluding carboxylic acids is 2. The van der Waals surface area contributed by atoms with Crippen molar-refractivity contribution in [2.45, 2.75) is 38.3 Å². The Morgan fingerprint density at radius 3 is 2.31 bits per heavy atom. The van der Waals surface area contributed by atoms with Crippen LogP contribution in [0.2, 0.25) is 5.02 Å². The van der Waals surface area contributed by atoms with Gasteiger partial charge in [-0.15, -0.1) is 0 Å². The molecule has 5 nitrogen and oxygen atoms in total. The van der Waals surface area contributed by atoms with Gasteiger partial charge in [0.15, 0.2) is 0 Å². The lowest BCUT2D eigenvalue weighted by Crippen LogP contribution is -2.43. The van der Waals surface area contributed by atoms with Gasteiger partial charge in [0.05, 0.1) is 12.5 Å². The van der Waals surface area contributed by atoms with Gasteiger partial charge in [0, 0.05) is 36.8 Å². The molecular formula is C22H25ClFN3O2. The van der Waals surface area contributed by atoms with Gasteiger partial charge in [0.1, 0.15) is 5.82 Å².